The van der Waals surface area contributed by atoms with Crippen molar-refractivity contribution in [3.05, 3.63) is 16.9 Å². The fraction of sp³-hybridized carbons (Fsp3) is 0.786. The second kappa shape index (κ2) is 8.76. The van der Waals surface area contributed by atoms with Crippen LogP contribution in [-0.4, -0.2) is 11.2 Å². The monoisotopic (exact) mass is 210 g/mol. The van der Waals surface area contributed by atoms with Crippen LogP contribution in [0.4, 0.5) is 0 Å². The Morgan fingerprint density at radius 2 is 1.80 bits per heavy atom. The van der Waals surface area contributed by atoms with E-state index in [1.54, 1.807) is 0 Å². The molecule has 1 atom stereocenters. The molecule has 0 aliphatic heterocycles. The topological polar surface area (TPSA) is 20.2 Å². The minimum atomic E-state index is -0.172. The standard InChI is InChI=1S/C14H26O/c1-5-7-8-9-14(15)11-13(4)10-12(3)6-2/h14-15H,5-9,11H2,1-4H3/t10?,14-/m0/s1. The zero-order chi connectivity index (χ0) is 11.7. The molecule has 0 spiro atoms. The molecule has 0 unspecified atom stereocenters. The van der Waals surface area contributed by atoms with Crippen LogP contribution >= 0.6 is 0 Å². The largest absolute Gasteiger partial charge is 0.393 e. The van der Waals surface area contributed by atoms with Gasteiger partial charge in [-0.1, -0.05) is 33.1 Å². The van der Waals surface area contributed by atoms with Crippen molar-refractivity contribution in [3.8, 4) is 0 Å². The molecule has 0 saturated carbocycles. The van der Waals surface area contributed by atoms with E-state index in [4.69, 9.17) is 0 Å². The van der Waals surface area contributed by atoms with Crippen LogP contribution in [0.15, 0.2) is 16.9 Å². The van der Waals surface area contributed by atoms with E-state index in [2.05, 4.69) is 33.4 Å². The quantitative estimate of drug-likeness (QED) is 0.493. The zero-order valence-electron chi connectivity index (χ0n) is 10.8. The number of hydrogen-bond donors (Lipinski definition) is 1. The predicted octanol–water partition coefficient (Wildman–Crippen LogP) is 4.22. The van der Waals surface area contributed by atoms with Crippen molar-refractivity contribution in [2.75, 3.05) is 0 Å². The van der Waals surface area contributed by atoms with Gasteiger partial charge < -0.3 is 5.11 Å². The van der Waals surface area contributed by atoms with E-state index >= 15 is 0 Å². The van der Waals surface area contributed by atoms with Crippen molar-refractivity contribution >= 4 is 0 Å². The molecule has 0 saturated heterocycles. The maximum Gasteiger partial charge on any atom is 0.0583 e. The zero-order valence-corrected chi connectivity index (χ0v) is 10.8. The first kappa shape index (κ1) is 14.5. The van der Waals surface area contributed by atoms with Gasteiger partial charge in [-0.25, -0.2) is 0 Å². The highest BCUT2D eigenvalue weighted by atomic mass is 16.3. The third-order valence-electron chi connectivity index (χ3n) is 2.64. The SMILES string of the molecule is CCCCC[C@H](O)CC(C)=C=C(C)CC. The lowest BCUT2D eigenvalue weighted by molar-refractivity contribution is 0.161. The minimum absolute atomic E-state index is 0.172. The number of hydrogen-bond acceptors (Lipinski definition) is 1. The molecule has 1 N–H and O–H groups in total. The average Bonchev–Trinajstić information content (AvgIpc) is 2.17. The number of aliphatic hydroxyl groups excluding tert-OH is 1. The Morgan fingerprint density at radius 1 is 1.13 bits per heavy atom. The van der Waals surface area contributed by atoms with Crippen LogP contribution in [0, 0.1) is 0 Å². The van der Waals surface area contributed by atoms with Crippen LogP contribution in [0.3, 0.4) is 0 Å². The van der Waals surface area contributed by atoms with Crippen LogP contribution in [0.5, 0.6) is 0 Å². The third kappa shape index (κ3) is 8.47. The van der Waals surface area contributed by atoms with Crippen molar-refractivity contribution in [3.63, 3.8) is 0 Å². The van der Waals surface area contributed by atoms with Gasteiger partial charge in [-0.05, 0) is 37.8 Å². The van der Waals surface area contributed by atoms with Gasteiger partial charge in [-0.15, -0.1) is 5.73 Å². The molecule has 0 aliphatic carbocycles. The molecule has 0 bridgehead atoms. The molecule has 0 aromatic carbocycles. The maximum absolute atomic E-state index is 9.76. The maximum atomic E-state index is 9.76. The molecule has 0 rings (SSSR count). The summed E-state index contributed by atoms with van der Waals surface area (Å²) in [6.45, 7) is 8.47. The van der Waals surface area contributed by atoms with Crippen molar-refractivity contribution in [1.29, 1.82) is 0 Å². The fourth-order valence-corrected chi connectivity index (χ4v) is 1.59. The molecular formula is C14H26O. The van der Waals surface area contributed by atoms with Crippen molar-refractivity contribution in [2.24, 2.45) is 0 Å². The van der Waals surface area contributed by atoms with Crippen molar-refractivity contribution in [2.45, 2.75) is 72.3 Å². The Hall–Kier alpha value is -0.520. The molecule has 0 radical (unpaired) electrons. The first-order valence-corrected chi connectivity index (χ1v) is 6.20. The van der Waals surface area contributed by atoms with Crippen molar-refractivity contribution < 1.29 is 5.11 Å². The van der Waals surface area contributed by atoms with Gasteiger partial charge >= 0.3 is 0 Å². The summed E-state index contributed by atoms with van der Waals surface area (Å²) in [5, 5.41) is 9.76. The Balaban J connectivity index is 3.95. The summed E-state index contributed by atoms with van der Waals surface area (Å²) < 4.78 is 0. The lowest BCUT2D eigenvalue weighted by Crippen LogP contribution is -2.06. The predicted molar refractivity (Wildman–Crippen MR) is 66.9 cm³/mol. The second-order valence-electron chi connectivity index (χ2n) is 4.39. The van der Waals surface area contributed by atoms with Crippen molar-refractivity contribution in [1.82, 2.24) is 0 Å². The van der Waals surface area contributed by atoms with Gasteiger partial charge in [0, 0.05) is 6.42 Å². The van der Waals surface area contributed by atoms with Gasteiger partial charge in [0.2, 0.25) is 0 Å². The second-order valence-corrected chi connectivity index (χ2v) is 4.39. The molecule has 0 aromatic rings. The third-order valence-corrected chi connectivity index (χ3v) is 2.64. The van der Waals surface area contributed by atoms with E-state index in [-0.39, 0.29) is 6.10 Å². The molecule has 88 valence electrons. The fourth-order valence-electron chi connectivity index (χ4n) is 1.59. The number of aliphatic hydroxyl groups is 1. The van der Waals surface area contributed by atoms with Gasteiger partial charge in [-0.2, -0.15) is 0 Å². The van der Waals surface area contributed by atoms with E-state index in [1.807, 2.05) is 0 Å². The first-order valence-electron chi connectivity index (χ1n) is 6.20. The smallest absolute Gasteiger partial charge is 0.0583 e. The van der Waals surface area contributed by atoms with Gasteiger partial charge in [-0.3, -0.25) is 0 Å². The lowest BCUT2D eigenvalue weighted by Gasteiger charge is -2.09. The van der Waals surface area contributed by atoms with E-state index in [1.165, 1.54) is 24.0 Å². The van der Waals surface area contributed by atoms with Gasteiger partial charge in [0.1, 0.15) is 0 Å². The minimum Gasteiger partial charge on any atom is -0.393 e. The molecule has 15 heavy (non-hydrogen) atoms. The van der Waals surface area contributed by atoms with Gasteiger partial charge in [0.05, 0.1) is 6.10 Å². The van der Waals surface area contributed by atoms with Crippen LogP contribution < -0.4 is 0 Å². The number of rotatable bonds is 7. The Morgan fingerprint density at radius 3 is 2.33 bits per heavy atom. The summed E-state index contributed by atoms with van der Waals surface area (Å²) >= 11 is 0. The Labute approximate surface area is 94.9 Å². The first-order chi connectivity index (χ1) is 7.10. The molecule has 0 aliphatic rings. The number of unbranched alkanes of at least 4 members (excludes halogenated alkanes) is 2. The van der Waals surface area contributed by atoms with Crippen LogP contribution in [0.1, 0.15) is 66.2 Å². The summed E-state index contributed by atoms with van der Waals surface area (Å²) in [5.41, 5.74) is 5.77. The summed E-state index contributed by atoms with van der Waals surface area (Å²) in [6, 6.07) is 0. The molecule has 0 heterocycles. The summed E-state index contributed by atoms with van der Waals surface area (Å²) in [4.78, 5) is 0. The van der Waals surface area contributed by atoms with Crippen LogP contribution in [-0.2, 0) is 0 Å². The van der Waals surface area contributed by atoms with E-state index in [0.29, 0.717) is 0 Å². The van der Waals surface area contributed by atoms with Gasteiger partial charge in [0.15, 0.2) is 0 Å². The van der Waals surface area contributed by atoms with Gasteiger partial charge in [0.25, 0.3) is 0 Å². The summed E-state index contributed by atoms with van der Waals surface area (Å²) in [6.07, 6.45) is 6.16. The Bertz CT molecular complexity index is 221. The molecular weight excluding hydrogens is 184 g/mol. The van der Waals surface area contributed by atoms with E-state index in [0.717, 1.165) is 25.7 Å². The molecule has 0 aromatic heterocycles. The highest BCUT2D eigenvalue weighted by molar-refractivity contribution is 5.06. The summed E-state index contributed by atoms with van der Waals surface area (Å²) in [7, 11) is 0. The molecule has 1 heteroatoms. The highest BCUT2D eigenvalue weighted by Gasteiger charge is 2.04. The normalized spacial score (nSPS) is 12.1. The molecule has 0 amide bonds. The molecule has 1 nitrogen and oxygen atoms in total. The Kier molecular flexibility index (Phi) is 8.46. The molecule has 0 fully saturated rings. The average molecular weight is 210 g/mol. The van der Waals surface area contributed by atoms with Crippen LogP contribution in [0.2, 0.25) is 0 Å². The lowest BCUT2D eigenvalue weighted by atomic mass is 10.0. The van der Waals surface area contributed by atoms with Crippen LogP contribution in [0.25, 0.3) is 0 Å². The van der Waals surface area contributed by atoms with E-state index < -0.39 is 0 Å². The summed E-state index contributed by atoms with van der Waals surface area (Å²) in [5.74, 6) is 0. The highest BCUT2D eigenvalue weighted by Crippen LogP contribution is 2.11. The van der Waals surface area contributed by atoms with E-state index in [9.17, 15) is 5.11 Å².